The molecule has 0 fully saturated rings. The summed E-state index contributed by atoms with van der Waals surface area (Å²) in [6, 6.07) is 3.92. The highest BCUT2D eigenvalue weighted by Crippen LogP contribution is 2.13. The van der Waals surface area contributed by atoms with E-state index in [0.717, 1.165) is 0 Å². The first-order chi connectivity index (χ1) is 7.84. The second-order valence-corrected chi connectivity index (χ2v) is 5.01. The molecule has 0 saturated heterocycles. The van der Waals surface area contributed by atoms with E-state index in [0.29, 0.717) is 6.54 Å². The van der Waals surface area contributed by atoms with E-state index in [1.807, 2.05) is 14.1 Å². The zero-order valence-electron chi connectivity index (χ0n) is 10.8. The predicted octanol–water partition coefficient (Wildman–Crippen LogP) is 2.39. The van der Waals surface area contributed by atoms with Crippen molar-refractivity contribution in [3.05, 3.63) is 35.4 Å². The molecule has 0 aliphatic rings. The lowest BCUT2D eigenvalue weighted by Crippen LogP contribution is -2.46. The Kier molecular flexibility index (Phi) is 4.60. The van der Waals surface area contributed by atoms with Crippen molar-refractivity contribution in [2.75, 3.05) is 20.6 Å². The van der Waals surface area contributed by atoms with Crippen LogP contribution in [0.15, 0.2) is 18.2 Å². The van der Waals surface area contributed by atoms with Gasteiger partial charge in [-0.25, -0.2) is 8.78 Å². The topological polar surface area (TPSA) is 15.3 Å². The van der Waals surface area contributed by atoms with Crippen LogP contribution in [0.1, 0.15) is 19.4 Å². The van der Waals surface area contributed by atoms with Gasteiger partial charge < -0.3 is 10.2 Å². The molecule has 1 aromatic rings. The standard InChI is InChI=1S/C13H20F2N2/c1-13(2,17(3)4)9-16-8-10-11(14)6-5-7-12(10)15/h5-7,16H,8-9H2,1-4H3. The molecular formula is C13H20F2N2. The minimum atomic E-state index is -0.500. The quantitative estimate of drug-likeness (QED) is 0.853. The molecule has 0 spiro atoms. The number of nitrogens with one attached hydrogen (secondary N) is 1. The number of benzene rings is 1. The monoisotopic (exact) mass is 242 g/mol. The molecule has 0 atom stereocenters. The summed E-state index contributed by atoms with van der Waals surface area (Å²) in [7, 11) is 3.96. The molecule has 0 radical (unpaired) electrons. The Morgan fingerprint density at radius 1 is 1.18 bits per heavy atom. The van der Waals surface area contributed by atoms with Crippen LogP contribution in [0.5, 0.6) is 0 Å². The molecule has 1 rings (SSSR count). The van der Waals surface area contributed by atoms with Gasteiger partial charge in [0.1, 0.15) is 11.6 Å². The van der Waals surface area contributed by atoms with E-state index in [1.54, 1.807) is 0 Å². The number of hydrogen-bond donors (Lipinski definition) is 1. The molecule has 0 aliphatic heterocycles. The molecule has 1 N–H and O–H groups in total. The minimum absolute atomic E-state index is 0.0538. The van der Waals surface area contributed by atoms with E-state index in [4.69, 9.17) is 0 Å². The highest BCUT2D eigenvalue weighted by Gasteiger charge is 2.20. The molecule has 2 nitrogen and oxygen atoms in total. The average Bonchev–Trinajstić information content (AvgIpc) is 2.22. The van der Waals surface area contributed by atoms with Crippen LogP contribution in [0.2, 0.25) is 0 Å². The number of rotatable bonds is 5. The average molecular weight is 242 g/mol. The zero-order chi connectivity index (χ0) is 13.1. The first-order valence-electron chi connectivity index (χ1n) is 5.65. The zero-order valence-corrected chi connectivity index (χ0v) is 10.8. The van der Waals surface area contributed by atoms with Crippen molar-refractivity contribution in [1.29, 1.82) is 0 Å². The van der Waals surface area contributed by atoms with Crippen LogP contribution in [0.25, 0.3) is 0 Å². The molecule has 4 heteroatoms. The van der Waals surface area contributed by atoms with Crippen LogP contribution in [0, 0.1) is 11.6 Å². The van der Waals surface area contributed by atoms with E-state index in [1.165, 1.54) is 18.2 Å². The first kappa shape index (κ1) is 14.1. The van der Waals surface area contributed by atoms with Gasteiger partial charge in [-0.05, 0) is 40.1 Å². The molecule has 17 heavy (non-hydrogen) atoms. The smallest absolute Gasteiger partial charge is 0.130 e. The molecule has 0 bridgehead atoms. The Morgan fingerprint density at radius 2 is 1.71 bits per heavy atom. The van der Waals surface area contributed by atoms with Gasteiger partial charge in [-0.3, -0.25) is 0 Å². The van der Waals surface area contributed by atoms with Crippen molar-refractivity contribution in [1.82, 2.24) is 10.2 Å². The van der Waals surface area contributed by atoms with Crippen molar-refractivity contribution in [3.8, 4) is 0 Å². The van der Waals surface area contributed by atoms with Crippen molar-refractivity contribution in [3.63, 3.8) is 0 Å². The summed E-state index contributed by atoms with van der Waals surface area (Å²) < 4.78 is 26.7. The maximum absolute atomic E-state index is 13.3. The lowest BCUT2D eigenvalue weighted by Gasteiger charge is -2.32. The molecule has 0 saturated carbocycles. The first-order valence-corrected chi connectivity index (χ1v) is 5.65. The number of hydrogen-bond acceptors (Lipinski definition) is 2. The molecule has 0 heterocycles. The van der Waals surface area contributed by atoms with Gasteiger partial charge in [-0.15, -0.1) is 0 Å². The van der Waals surface area contributed by atoms with Crippen molar-refractivity contribution >= 4 is 0 Å². The molecule has 0 unspecified atom stereocenters. The maximum Gasteiger partial charge on any atom is 0.130 e. The van der Waals surface area contributed by atoms with Crippen LogP contribution in [0.4, 0.5) is 8.78 Å². The van der Waals surface area contributed by atoms with Crippen LogP contribution in [-0.4, -0.2) is 31.1 Å². The van der Waals surface area contributed by atoms with E-state index in [2.05, 4.69) is 24.1 Å². The van der Waals surface area contributed by atoms with Crippen molar-refractivity contribution in [2.24, 2.45) is 0 Å². The van der Waals surface area contributed by atoms with Crippen LogP contribution in [-0.2, 0) is 6.54 Å². The summed E-state index contributed by atoms with van der Waals surface area (Å²) in [6.45, 7) is 5.00. The van der Waals surface area contributed by atoms with Gasteiger partial charge in [-0.2, -0.15) is 0 Å². The van der Waals surface area contributed by atoms with Gasteiger partial charge in [0, 0.05) is 24.2 Å². The Morgan fingerprint density at radius 3 is 2.18 bits per heavy atom. The maximum atomic E-state index is 13.3. The second-order valence-electron chi connectivity index (χ2n) is 5.01. The molecule has 96 valence electrons. The van der Waals surface area contributed by atoms with Crippen molar-refractivity contribution in [2.45, 2.75) is 25.9 Å². The van der Waals surface area contributed by atoms with E-state index < -0.39 is 11.6 Å². The summed E-state index contributed by atoms with van der Waals surface area (Å²) in [5, 5.41) is 3.08. The fraction of sp³-hybridized carbons (Fsp3) is 0.538. The molecule has 0 amide bonds. The summed E-state index contributed by atoms with van der Waals surface area (Å²) in [5.41, 5.74) is 0.0453. The largest absolute Gasteiger partial charge is 0.311 e. The predicted molar refractivity (Wildman–Crippen MR) is 65.8 cm³/mol. The van der Waals surface area contributed by atoms with Crippen molar-refractivity contribution < 1.29 is 8.78 Å². The summed E-state index contributed by atoms with van der Waals surface area (Å²) in [6.07, 6.45) is 0. The fourth-order valence-corrected chi connectivity index (χ4v) is 1.35. The fourth-order valence-electron chi connectivity index (χ4n) is 1.35. The van der Waals surface area contributed by atoms with Gasteiger partial charge in [0.2, 0.25) is 0 Å². The summed E-state index contributed by atoms with van der Waals surface area (Å²) in [4.78, 5) is 2.07. The molecule has 0 aromatic heterocycles. The highest BCUT2D eigenvalue weighted by atomic mass is 19.1. The Labute approximate surface area is 102 Å². The third kappa shape index (κ3) is 3.75. The van der Waals surface area contributed by atoms with E-state index in [-0.39, 0.29) is 17.6 Å². The number of halogens is 2. The lowest BCUT2D eigenvalue weighted by molar-refractivity contribution is 0.189. The second kappa shape index (κ2) is 5.56. The van der Waals surface area contributed by atoms with Crippen LogP contribution < -0.4 is 5.32 Å². The Bertz CT molecular complexity index is 355. The molecular weight excluding hydrogens is 222 g/mol. The van der Waals surface area contributed by atoms with Gasteiger partial charge in [0.05, 0.1) is 0 Å². The summed E-state index contributed by atoms with van der Waals surface area (Å²) >= 11 is 0. The van der Waals surface area contributed by atoms with Gasteiger partial charge in [0.25, 0.3) is 0 Å². The molecule has 1 aromatic carbocycles. The van der Waals surface area contributed by atoms with E-state index >= 15 is 0 Å². The minimum Gasteiger partial charge on any atom is -0.311 e. The molecule has 0 aliphatic carbocycles. The highest BCUT2D eigenvalue weighted by molar-refractivity contribution is 5.19. The van der Waals surface area contributed by atoms with Gasteiger partial charge in [-0.1, -0.05) is 6.07 Å². The summed E-state index contributed by atoms with van der Waals surface area (Å²) in [5.74, 6) is -1.000. The normalized spacial score (nSPS) is 12.2. The van der Waals surface area contributed by atoms with Crippen LogP contribution >= 0.6 is 0 Å². The van der Waals surface area contributed by atoms with Gasteiger partial charge >= 0.3 is 0 Å². The Balaban J connectivity index is 2.57. The lowest BCUT2D eigenvalue weighted by atomic mass is 10.0. The number of likely N-dealkylation sites (N-methyl/N-ethyl adjacent to an activating group) is 1. The third-order valence-electron chi connectivity index (χ3n) is 3.13. The third-order valence-corrected chi connectivity index (χ3v) is 3.13. The number of nitrogens with zero attached hydrogens (tertiary/aromatic N) is 1. The van der Waals surface area contributed by atoms with Gasteiger partial charge in [0.15, 0.2) is 0 Å². The van der Waals surface area contributed by atoms with Crippen LogP contribution in [0.3, 0.4) is 0 Å². The van der Waals surface area contributed by atoms with E-state index in [9.17, 15) is 8.78 Å². The SMILES string of the molecule is CN(C)C(C)(C)CNCc1c(F)cccc1F. The Hall–Kier alpha value is -1.00.